The van der Waals surface area contributed by atoms with Gasteiger partial charge in [0.2, 0.25) is 0 Å². The largest absolute Gasteiger partial charge is 0.319 e. The lowest BCUT2D eigenvalue weighted by Gasteiger charge is -2.21. The minimum Gasteiger partial charge on any atom is -0.319 e. The number of nitrogens with one attached hydrogen (secondary N) is 1. The van der Waals surface area contributed by atoms with Crippen molar-refractivity contribution in [1.82, 2.24) is 4.68 Å². The van der Waals surface area contributed by atoms with Gasteiger partial charge in [-0.15, -0.1) is 0 Å². The molecule has 0 aliphatic heterocycles. The van der Waals surface area contributed by atoms with Crippen LogP contribution in [0, 0.1) is 13.8 Å². The molecule has 1 unspecified atom stereocenters. The van der Waals surface area contributed by atoms with Crippen molar-refractivity contribution < 1.29 is 0 Å². The third-order valence-electron chi connectivity index (χ3n) is 3.02. The Bertz CT molecular complexity index is 541. The summed E-state index contributed by atoms with van der Waals surface area (Å²) < 4.78 is 4.32. The van der Waals surface area contributed by atoms with E-state index in [0.29, 0.717) is 0 Å². The van der Waals surface area contributed by atoms with Gasteiger partial charge in [0.25, 0.3) is 0 Å². The molecule has 96 valence electrons. The normalized spacial score (nSPS) is 12.5. The molecule has 2 rings (SSSR count). The van der Waals surface area contributed by atoms with Gasteiger partial charge < -0.3 is 5.43 Å². The molecule has 4 heteroatoms. The summed E-state index contributed by atoms with van der Waals surface area (Å²) in [4.78, 5) is 0. The fraction of sp³-hybridized carbons (Fsp3) is 0.286. The maximum atomic E-state index is 3.61. The zero-order valence-corrected chi connectivity index (χ0v) is 13.8. The highest BCUT2D eigenvalue weighted by Gasteiger charge is 2.11. The number of rotatable bonds is 3. The molecule has 1 heterocycles. The monoisotopic (exact) mass is 370 g/mol. The van der Waals surface area contributed by atoms with Crippen molar-refractivity contribution in [2.75, 3.05) is 5.43 Å². The van der Waals surface area contributed by atoms with E-state index in [9.17, 15) is 0 Å². The van der Waals surface area contributed by atoms with Crippen LogP contribution in [0.15, 0.2) is 39.3 Å². The average Bonchev–Trinajstić information content (AvgIpc) is 2.60. The quantitative estimate of drug-likeness (QED) is 0.808. The Hall–Kier alpha value is -0.740. The van der Waals surface area contributed by atoms with Gasteiger partial charge in [-0.2, -0.15) is 0 Å². The van der Waals surface area contributed by atoms with E-state index in [-0.39, 0.29) is 6.04 Å². The summed E-state index contributed by atoms with van der Waals surface area (Å²) in [6.07, 6.45) is 0. The molecule has 1 aromatic carbocycles. The van der Waals surface area contributed by atoms with E-state index in [0.717, 1.165) is 8.95 Å². The van der Waals surface area contributed by atoms with Crippen LogP contribution in [0.3, 0.4) is 0 Å². The first kappa shape index (κ1) is 13.7. The molecular weight excluding hydrogens is 356 g/mol. The van der Waals surface area contributed by atoms with Crippen molar-refractivity contribution in [1.29, 1.82) is 0 Å². The van der Waals surface area contributed by atoms with Gasteiger partial charge in [-0.05, 0) is 50.6 Å². The van der Waals surface area contributed by atoms with Gasteiger partial charge in [0.1, 0.15) is 0 Å². The Morgan fingerprint density at radius 2 is 1.67 bits per heavy atom. The van der Waals surface area contributed by atoms with Crippen molar-refractivity contribution in [3.8, 4) is 0 Å². The van der Waals surface area contributed by atoms with Crippen molar-refractivity contribution in [2.45, 2.75) is 26.8 Å². The summed E-state index contributed by atoms with van der Waals surface area (Å²) in [5.41, 5.74) is 7.18. The first-order valence-corrected chi connectivity index (χ1v) is 7.44. The van der Waals surface area contributed by atoms with Crippen LogP contribution in [0.5, 0.6) is 0 Å². The standard InChI is InChI=1S/C14H16Br2N2/c1-9-4-5-10(2)18(9)17-11(3)13-7-6-12(15)8-14(13)16/h4-8,11,17H,1-3H3. The molecule has 0 aliphatic carbocycles. The molecule has 18 heavy (non-hydrogen) atoms. The molecule has 1 atom stereocenters. The second kappa shape index (κ2) is 5.49. The van der Waals surface area contributed by atoms with Gasteiger partial charge in [-0.1, -0.05) is 37.9 Å². The average molecular weight is 372 g/mol. The molecule has 0 radical (unpaired) electrons. The maximum absolute atomic E-state index is 3.61. The number of nitrogens with zero attached hydrogens (tertiary/aromatic N) is 1. The second-order valence-corrected chi connectivity index (χ2v) is 6.24. The third-order valence-corrected chi connectivity index (χ3v) is 4.20. The molecule has 2 aromatic rings. The SMILES string of the molecule is Cc1ccc(C)n1NC(C)c1ccc(Br)cc1Br. The molecule has 0 fully saturated rings. The fourth-order valence-electron chi connectivity index (χ4n) is 1.99. The first-order chi connectivity index (χ1) is 8.49. The number of halogens is 2. The highest BCUT2D eigenvalue weighted by atomic mass is 79.9. The van der Waals surface area contributed by atoms with E-state index in [1.54, 1.807) is 0 Å². The molecule has 0 spiro atoms. The van der Waals surface area contributed by atoms with E-state index in [1.165, 1.54) is 17.0 Å². The van der Waals surface area contributed by atoms with Crippen molar-refractivity contribution >= 4 is 31.9 Å². The lowest BCUT2D eigenvalue weighted by molar-refractivity contribution is 0.697. The second-order valence-electron chi connectivity index (χ2n) is 4.47. The molecular formula is C14H16Br2N2. The van der Waals surface area contributed by atoms with Crippen LogP contribution in [-0.4, -0.2) is 4.68 Å². The summed E-state index contributed by atoms with van der Waals surface area (Å²) >= 11 is 7.08. The zero-order valence-electron chi connectivity index (χ0n) is 10.7. The van der Waals surface area contributed by atoms with Crippen LogP contribution in [-0.2, 0) is 0 Å². The van der Waals surface area contributed by atoms with Crippen LogP contribution in [0.25, 0.3) is 0 Å². The number of aryl methyl sites for hydroxylation is 2. The zero-order chi connectivity index (χ0) is 13.3. The van der Waals surface area contributed by atoms with E-state index in [2.05, 4.69) is 93.1 Å². The van der Waals surface area contributed by atoms with Gasteiger partial charge in [0, 0.05) is 20.3 Å². The van der Waals surface area contributed by atoms with E-state index < -0.39 is 0 Å². The summed E-state index contributed by atoms with van der Waals surface area (Å²) in [6.45, 7) is 6.36. The van der Waals surface area contributed by atoms with Crippen molar-refractivity contribution in [3.05, 3.63) is 56.2 Å². The summed E-state index contributed by atoms with van der Waals surface area (Å²) in [5, 5.41) is 0. The Morgan fingerprint density at radius 1 is 1.06 bits per heavy atom. The van der Waals surface area contributed by atoms with Crippen LogP contribution in [0.2, 0.25) is 0 Å². The van der Waals surface area contributed by atoms with E-state index in [4.69, 9.17) is 0 Å². The van der Waals surface area contributed by atoms with Gasteiger partial charge in [0.15, 0.2) is 0 Å². The summed E-state index contributed by atoms with van der Waals surface area (Å²) in [6, 6.07) is 10.7. The number of hydrogen-bond donors (Lipinski definition) is 1. The van der Waals surface area contributed by atoms with E-state index in [1.807, 2.05) is 0 Å². The Morgan fingerprint density at radius 3 is 2.22 bits per heavy atom. The predicted octanol–water partition coefficient (Wildman–Crippen LogP) is 4.93. The Labute approximate surface area is 125 Å². The minimum atomic E-state index is 0.234. The van der Waals surface area contributed by atoms with Crippen LogP contribution in [0.4, 0.5) is 0 Å². The smallest absolute Gasteiger partial charge is 0.0656 e. The van der Waals surface area contributed by atoms with Crippen LogP contribution >= 0.6 is 31.9 Å². The number of benzene rings is 1. The lowest BCUT2D eigenvalue weighted by Crippen LogP contribution is -2.21. The summed E-state index contributed by atoms with van der Waals surface area (Å²) in [5.74, 6) is 0. The van der Waals surface area contributed by atoms with Crippen LogP contribution in [0.1, 0.15) is 29.9 Å². The van der Waals surface area contributed by atoms with Crippen molar-refractivity contribution in [2.24, 2.45) is 0 Å². The molecule has 1 N–H and O–H groups in total. The first-order valence-electron chi connectivity index (χ1n) is 5.85. The third kappa shape index (κ3) is 2.81. The highest BCUT2D eigenvalue weighted by Crippen LogP contribution is 2.27. The molecule has 1 aromatic heterocycles. The molecule has 0 aliphatic rings. The number of aromatic nitrogens is 1. The fourth-order valence-corrected chi connectivity index (χ4v) is 3.38. The molecule has 0 saturated carbocycles. The summed E-state index contributed by atoms with van der Waals surface area (Å²) in [7, 11) is 0. The topological polar surface area (TPSA) is 17.0 Å². The Balaban J connectivity index is 2.24. The minimum absolute atomic E-state index is 0.234. The lowest BCUT2D eigenvalue weighted by atomic mass is 10.1. The van der Waals surface area contributed by atoms with Gasteiger partial charge in [-0.25, -0.2) is 0 Å². The maximum Gasteiger partial charge on any atom is 0.0656 e. The molecule has 0 amide bonds. The van der Waals surface area contributed by atoms with Crippen molar-refractivity contribution in [3.63, 3.8) is 0 Å². The highest BCUT2D eigenvalue weighted by molar-refractivity contribution is 9.11. The van der Waals surface area contributed by atoms with E-state index >= 15 is 0 Å². The van der Waals surface area contributed by atoms with Gasteiger partial charge >= 0.3 is 0 Å². The number of hydrogen-bond acceptors (Lipinski definition) is 1. The van der Waals surface area contributed by atoms with Gasteiger partial charge in [0.05, 0.1) is 6.04 Å². The Kier molecular flexibility index (Phi) is 4.17. The molecule has 2 nitrogen and oxygen atoms in total. The van der Waals surface area contributed by atoms with Crippen LogP contribution < -0.4 is 5.43 Å². The van der Waals surface area contributed by atoms with Gasteiger partial charge in [-0.3, -0.25) is 4.68 Å². The molecule has 0 bridgehead atoms. The molecule has 0 saturated heterocycles. The predicted molar refractivity (Wildman–Crippen MR) is 83.5 cm³/mol.